The highest BCUT2D eigenvalue weighted by Crippen LogP contribution is 2.34. The van der Waals surface area contributed by atoms with Gasteiger partial charge in [0.25, 0.3) is 0 Å². The highest BCUT2D eigenvalue weighted by Gasteiger charge is 2.21. The molecule has 0 radical (unpaired) electrons. The molecular weight excluding hydrogens is 168 g/mol. The van der Waals surface area contributed by atoms with Gasteiger partial charge in [0.2, 0.25) is 0 Å². The Morgan fingerprint density at radius 2 is 0.929 bits per heavy atom. The van der Waals surface area contributed by atoms with Gasteiger partial charge in [-0.25, -0.2) is 0 Å². The Hall–Kier alpha value is 0. The molecule has 0 N–H and O–H groups in total. The molecule has 90 valence electrons. The lowest BCUT2D eigenvalue weighted by atomic mass is 9.76. The van der Waals surface area contributed by atoms with E-state index in [9.17, 15) is 0 Å². The summed E-state index contributed by atoms with van der Waals surface area (Å²) in [5, 5.41) is 0. The zero-order chi connectivity index (χ0) is 12.0. The van der Waals surface area contributed by atoms with Gasteiger partial charge in [-0.2, -0.15) is 0 Å². The molecule has 0 unspecified atom stereocenters. The van der Waals surface area contributed by atoms with Gasteiger partial charge < -0.3 is 0 Å². The molecule has 0 aromatic carbocycles. The molecule has 0 nitrogen and oxygen atoms in total. The Bertz CT molecular complexity index is 61.8. The van der Waals surface area contributed by atoms with Crippen molar-refractivity contribution in [1.82, 2.24) is 0 Å². The summed E-state index contributed by atoms with van der Waals surface area (Å²) in [6.45, 7) is 17.3. The Morgan fingerprint density at radius 1 is 0.643 bits per heavy atom. The largest absolute Gasteiger partial charge is 0.0683 e. The molecular formula is C14H34. The Labute approximate surface area is 93.5 Å². The second-order valence-electron chi connectivity index (χ2n) is 3.31. The zero-order valence-corrected chi connectivity index (χ0v) is 12.0. The van der Waals surface area contributed by atoms with Crippen molar-refractivity contribution in [2.45, 2.75) is 87.5 Å². The van der Waals surface area contributed by atoms with E-state index in [0.717, 1.165) is 0 Å². The molecule has 0 aliphatic heterocycles. The van der Waals surface area contributed by atoms with Crippen LogP contribution in [0.1, 0.15) is 87.5 Å². The molecule has 0 fully saturated rings. The normalized spacial score (nSPS) is 9.43. The first-order valence-corrected chi connectivity index (χ1v) is 6.74. The standard InChI is InChI=1S/C10H22.2C2H6/c1-5-9-10(6-2,7-3)8-4;2*1-2/h5-9H2,1-4H3;2*1-2H3. The fourth-order valence-corrected chi connectivity index (χ4v) is 1.81. The lowest BCUT2D eigenvalue weighted by Gasteiger charge is -2.29. The van der Waals surface area contributed by atoms with Crippen LogP contribution in [0, 0.1) is 5.41 Å². The van der Waals surface area contributed by atoms with Crippen molar-refractivity contribution in [2.24, 2.45) is 5.41 Å². The first kappa shape index (κ1) is 19.6. The van der Waals surface area contributed by atoms with E-state index >= 15 is 0 Å². The van der Waals surface area contributed by atoms with Crippen molar-refractivity contribution in [3.05, 3.63) is 0 Å². The van der Waals surface area contributed by atoms with Crippen molar-refractivity contribution in [1.29, 1.82) is 0 Å². The predicted octanol–water partition coefficient (Wildman–Crippen LogP) is 6.06. The first-order valence-electron chi connectivity index (χ1n) is 6.74. The third kappa shape index (κ3) is 8.59. The molecule has 0 rings (SSSR count). The second-order valence-corrected chi connectivity index (χ2v) is 3.31. The van der Waals surface area contributed by atoms with Gasteiger partial charge in [0.05, 0.1) is 0 Å². The van der Waals surface area contributed by atoms with Gasteiger partial charge in [-0.05, 0) is 11.8 Å². The summed E-state index contributed by atoms with van der Waals surface area (Å²) in [5.74, 6) is 0. The lowest BCUT2D eigenvalue weighted by molar-refractivity contribution is 0.226. The van der Waals surface area contributed by atoms with E-state index < -0.39 is 0 Å². The maximum atomic E-state index is 2.32. The van der Waals surface area contributed by atoms with Gasteiger partial charge in [-0.15, -0.1) is 0 Å². The second kappa shape index (κ2) is 15.5. The third-order valence-corrected chi connectivity index (χ3v) is 3.03. The fraction of sp³-hybridized carbons (Fsp3) is 1.00. The fourth-order valence-electron chi connectivity index (χ4n) is 1.81. The molecule has 14 heavy (non-hydrogen) atoms. The molecule has 0 amide bonds. The molecule has 0 aliphatic carbocycles. The number of hydrogen-bond acceptors (Lipinski definition) is 0. The van der Waals surface area contributed by atoms with E-state index in [2.05, 4.69) is 27.7 Å². The molecule has 0 saturated heterocycles. The average Bonchev–Trinajstić information content (AvgIpc) is 2.31. The minimum absolute atomic E-state index is 0.675. The van der Waals surface area contributed by atoms with E-state index in [1.807, 2.05) is 27.7 Å². The quantitative estimate of drug-likeness (QED) is 0.508. The summed E-state index contributed by atoms with van der Waals surface area (Å²) >= 11 is 0. The summed E-state index contributed by atoms with van der Waals surface area (Å²) in [6, 6.07) is 0. The number of hydrogen-bond donors (Lipinski definition) is 0. The van der Waals surface area contributed by atoms with Crippen LogP contribution in [0.4, 0.5) is 0 Å². The molecule has 0 heterocycles. The molecule has 0 aliphatic rings. The maximum Gasteiger partial charge on any atom is -0.0305 e. The van der Waals surface area contributed by atoms with Crippen LogP contribution in [0.2, 0.25) is 0 Å². The van der Waals surface area contributed by atoms with Crippen LogP contribution < -0.4 is 0 Å². The lowest BCUT2D eigenvalue weighted by Crippen LogP contribution is -2.16. The molecule has 0 aromatic heterocycles. The van der Waals surface area contributed by atoms with Crippen LogP contribution in [-0.2, 0) is 0 Å². The van der Waals surface area contributed by atoms with Crippen molar-refractivity contribution < 1.29 is 0 Å². The van der Waals surface area contributed by atoms with Gasteiger partial charge in [0.15, 0.2) is 0 Å². The monoisotopic (exact) mass is 202 g/mol. The van der Waals surface area contributed by atoms with Crippen LogP contribution in [0.5, 0.6) is 0 Å². The van der Waals surface area contributed by atoms with Crippen LogP contribution in [0.15, 0.2) is 0 Å². The van der Waals surface area contributed by atoms with Gasteiger partial charge in [0.1, 0.15) is 0 Å². The molecule has 0 spiro atoms. The highest BCUT2D eigenvalue weighted by atomic mass is 14.3. The third-order valence-electron chi connectivity index (χ3n) is 3.03. The maximum absolute atomic E-state index is 2.32. The van der Waals surface area contributed by atoms with Crippen LogP contribution >= 0.6 is 0 Å². The van der Waals surface area contributed by atoms with Crippen LogP contribution in [0.3, 0.4) is 0 Å². The summed E-state index contributed by atoms with van der Waals surface area (Å²) < 4.78 is 0. The zero-order valence-electron chi connectivity index (χ0n) is 12.0. The SMILES string of the molecule is CC.CC.CCCC(CC)(CC)CC. The Balaban J connectivity index is -0.000000266. The van der Waals surface area contributed by atoms with E-state index in [0.29, 0.717) is 5.41 Å². The van der Waals surface area contributed by atoms with Crippen molar-refractivity contribution >= 4 is 0 Å². The van der Waals surface area contributed by atoms with Crippen LogP contribution in [0.25, 0.3) is 0 Å². The van der Waals surface area contributed by atoms with Crippen molar-refractivity contribution in [2.75, 3.05) is 0 Å². The van der Waals surface area contributed by atoms with Gasteiger partial charge in [0, 0.05) is 0 Å². The molecule has 0 heteroatoms. The van der Waals surface area contributed by atoms with E-state index in [4.69, 9.17) is 0 Å². The van der Waals surface area contributed by atoms with E-state index in [1.165, 1.54) is 32.1 Å². The molecule has 0 aromatic rings. The minimum atomic E-state index is 0.675. The summed E-state index contributed by atoms with van der Waals surface area (Å²) in [5.41, 5.74) is 0.675. The summed E-state index contributed by atoms with van der Waals surface area (Å²) in [4.78, 5) is 0. The van der Waals surface area contributed by atoms with Crippen molar-refractivity contribution in [3.8, 4) is 0 Å². The molecule has 0 saturated carbocycles. The van der Waals surface area contributed by atoms with E-state index in [1.54, 1.807) is 0 Å². The number of rotatable bonds is 5. The first-order chi connectivity index (χ1) is 6.74. The summed E-state index contributed by atoms with van der Waals surface area (Å²) in [7, 11) is 0. The minimum Gasteiger partial charge on any atom is -0.0683 e. The van der Waals surface area contributed by atoms with Crippen LogP contribution in [-0.4, -0.2) is 0 Å². The smallest absolute Gasteiger partial charge is 0.0305 e. The van der Waals surface area contributed by atoms with Gasteiger partial charge in [-0.1, -0.05) is 81.1 Å². The van der Waals surface area contributed by atoms with Gasteiger partial charge >= 0.3 is 0 Å². The Kier molecular flexibility index (Phi) is 21.6. The van der Waals surface area contributed by atoms with Crippen molar-refractivity contribution in [3.63, 3.8) is 0 Å². The molecule has 0 atom stereocenters. The topological polar surface area (TPSA) is 0 Å². The molecule has 0 bridgehead atoms. The Morgan fingerprint density at radius 3 is 1.00 bits per heavy atom. The van der Waals surface area contributed by atoms with E-state index in [-0.39, 0.29) is 0 Å². The summed E-state index contributed by atoms with van der Waals surface area (Å²) in [6.07, 6.45) is 6.82. The predicted molar refractivity (Wildman–Crippen MR) is 70.9 cm³/mol. The highest BCUT2D eigenvalue weighted by molar-refractivity contribution is 4.73. The van der Waals surface area contributed by atoms with Gasteiger partial charge in [-0.3, -0.25) is 0 Å². The average molecular weight is 202 g/mol.